The van der Waals surface area contributed by atoms with Gasteiger partial charge < -0.3 is 9.11 Å². The van der Waals surface area contributed by atoms with Gasteiger partial charge in [-0.15, -0.1) is 0 Å². The van der Waals surface area contributed by atoms with Crippen molar-refractivity contribution in [1.82, 2.24) is 0 Å². The van der Waals surface area contributed by atoms with Crippen molar-refractivity contribution in [2.75, 3.05) is 0 Å². The van der Waals surface area contributed by atoms with Crippen LogP contribution >= 0.6 is 0 Å². The fourth-order valence-corrected chi connectivity index (χ4v) is 1.92. The van der Waals surface area contributed by atoms with Crippen LogP contribution in [0.4, 0.5) is 0 Å². The first-order chi connectivity index (χ1) is 8.95. The van der Waals surface area contributed by atoms with Crippen molar-refractivity contribution in [2.45, 2.75) is 11.8 Å². The minimum atomic E-state index is -2.08. The summed E-state index contributed by atoms with van der Waals surface area (Å²) < 4.78 is 39.3. The summed E-state index contributed by atoms with van der Waals surface area (Å²) in [6.07, 6.45) is 4.96. The zero-order chi connectivity index (χ0) is 14.4. The molecule has 102 valence electrons. The Labute approximate surface area is 117 Å². The Bertz CT molecular complexity index is 571. The smallest absolute Gasteiger partial charge is 0.186 e. The molecule has 1 aromatic carbocycles. The first-order valence-corrected chi connectivity index (χ1v) is 7.52. The maximum Gasteiger partial charge on any atom is 0.186 e. The van der Waals surface area contributed by atoms with Crippen molar-refractivity contribution >= 4 is 27.7 Å². The maximum absolute atomic E-state index is 10.9. The van der Waals surface area contributed by atoms with Crippen LogP contribution in [0, 0.1) is 0 Å². The van der Waals surface area contributed by atoms with Crippen molar-refractivity contribution < 1.29 is 17.5 Å². The molecule has 0 saturated heterocycles. The van der Waals surface area contributed by atoms with Crippen LogP contribution in [0.2, 0.25) is 0 Å². The number of hydrogen-bond donors (Lipinski definition) is 2. The summed E-state index contributed by atoms with van der Waals surface area (Å²) in [7, 11) is 0. The van der Waals surface area contributed by atoms with E-state index in [0.29, 0.717) is 4.90 Å². The minimum Gasteiger partial charge on any atom is -0.302 e. The van der Waals surface area contributed by atoms with E-state index in [9.17, 15) is 8.42 Å². The molecule has 0 aliphatic heterocycles. The van der Waals surface area contributed by atoms with Crippen molar-refractivity contribution in [3.05, 3.63) is 59.5 Å². The largest absolute Gasteiger partial charge is 0.302 e. The van der Waals surface area contributed by atoms with E-state index in [2.05, 4.69) is 6.58 Å². The zero-order valence-corrected chi connectivity index (χ0v) is 11.9. The molecule has 2 N–H and O–H groups in total. The van der Waals surface area contributed by atoms with E-state index in [1.54, 1.807) is 30.3 Å². The molecule has 1 aromatic rings. The van der Waals surface area contributed by atoms with Gasteiger partial charge in [-0.25, -0.2) is 8.42 Å². The van der Waals surface area contributed by atoms with Crippen LogP contribution in [0.5, 0.6) is 0 Å². The van der Waals surface area contributed by atoms with Gasteiger partial charge in [0.25, 0.3) is 0 Å². The molecular weight excluding hydrogens is 284 g/mol. The molecule has 0 saturated carbocycles. The molecule has 6 heteroatoms. The Balaban J connectivity index is 2.96. The van der Waals surface area contributed by atoms with E-state index in [1.807, 2.05) is 13.0 Å². The van der Waals surface area contributed by atoms with E-state index >= 15 is 0 Å². The van der Waals surface area contributed by atoms with Gasteiger partial charge in [0.2, 0.25) is 0 Å². The van der Waals surface area contributed by atoms with Crippen LogP contribution < -0.4 is 0 Å². The second kappa shape index (κ2) is 7.30. The van der Waals surface area contributed by atoms with Gasteiger partial charge in [0.1, 0.15) is 0 Å². The Hall–Kier alpha value is -1.34. The van der Waals surface area contributed by atoms with Gasteiger partial charge in [0.05, 0.1) is 9.80 Å². The predicted octanol–water partition coefficient (Wildman–Crippen LogP) is 2.96. The average molecular weight is 298 g/mol. The highest BCUT2D eigenvalue weighted by atomic mass is 32.2. The highest BCUT2D eigenvalue weighted by molar-refractivity contribution is 7.83. The lowest BCUT2D eigenvalue weighted by atomic mass is 10.1. The second-order valence-electron chi connectivity index (χ2n) is 3.57. The molecule has 0 amide bonds. The molecule has 0 heterocycles. The Morgan fingerprint density at radius 3 is 2.16 bits per heavy atom. The lowest BCUT2D eigenvalue weighted by Gasteiger charge is -2.03. The van der Waals surface area contributed by atoms with Crippen molar-refractivity contribution in [1.29, 1.82) is 0 Å². The number of allylic oxidation sites excluding steroid dienone is 4. The molecule has 0 aromatic heterocycles. The van der Waals surface area contributed by atoms with Gasteiger partial charge in [0, 0.05) is 0 Å². The van der Waals surface area contributed by atoms with Crippen LogP contribution in [0.1, 0.15) is 12.5 Å². The topological polar surface area (TPSA) is 74.6 Å². The lowest BCUT2D eigenvalue weighted by Crippen LogP contribution is -1.89. The molecule has 0 aliphatic carbocycles. The first kappa shape index (κ1) is 15.7. The summed E-state index contributed by atoms with van der Waals surface area (Å²) in [6, 6.07) is 6.53. The molecule has 4 nitrogen and oxygen atoms in total. The van der Waals surface area contributed by atoms with Crippen LogP contribution in [-0.2, 0) is 22.2 Å². The van der Waals surface area contributed by atoms with Crippen molar-refractivity contribution in [2.24, 2.45) is 0 Å². The van der Waals surface area contributed by atoms with Gasteiger partial charge in [0.15, 0.2) is 22.2 Å². The number of rotatable bonds is 5. The average Bonchev–Trinajstić information content (AvgIpc) is 2.39. The fraction of sp³-hybridized carbons (Fsp3) is 0.0769. The normalized spacial score (nSPS) is 15.4. The molecule has 0 fully saturated rings. The number of hydrogen-bond acceptors (Lipinski definition) is 2. The Kier molecular flexibility index (Phi) is 6.04. The van der Waals surface area contributed by atoms with Crippen molar-refractivity contribution in [3.63, 3.8) is 0 Å². The monoisotopic (exact) mass is 298 g/mol. The summed E-state index contributed by atoms with van der Waals surface area (Å²) in [5.74, 6) is 0. The number of benzene rings is 1. The van der Waals surface area contributed by atoms with Gasteiger partial charge in [-0.2, -0.15) is 0 Å². The van der Waals surface area contributed by atoms with Crippen LogP contribution in [0.15, 0.2) is 58.9 Å². The molecule has 0 bridgehead atoms. The summed E-state index contributed by atoms with van der Waals surface area (Å²) in [5, 5.41) is 0. The summed E-state index contributed by atoms with van der Waals surface area (Å²) >= 11 is -4.07. The quantitative estimate of drug-likeness (QED) is 0.647. The Morgan fingerprint density at radius 2 is 1.74 bits per heavy atom. The van der Waals surface area contributed by atoms with Crippen LogP contribution in [0.3, 0.4) is 0 Å². The molecule has 1 rings (SSSR count). The van der Waals surface area contributed by atoms with Gasteiger partial charge in [-0.1, -0.05) is 30.9 Å². The Morgan fingerprint density at radius 1 is 1.16 bits per heavy atom. The van der Waals surface area contributed by atoms with Gasteiger partial charge in [-0.3, -0.25) is 0 Å². The predicted molar refractivity (Wildman–Crippen MR) is 78.2 cm³/mol. The SMILES string of the molecule is C=C(/C=C\C(=C/C)c1ccc(S(=O)O)cc1)S(=O)O. The maximum atomic E-state index is 10.9. The third kappa shape index (κ3) is 4.68. The zero-order valence-electron chi connectivity index (χ0n) is 10.3. The second-order valence-corrected chi connectivity index (χ2v) is 5.56. The highest BCUT2D eigenvalue weighted by Gasteiger charge is 2.02. The summed E-state index contributed by atoms with van der Waals surface area (Å²) in [4.78, 5) is 0.427. The van der Waals surface area contributed by atoms with Gasteiger partial charge >= 0.3 is 0 Å². The van der Waals surface area contributed by atoms with Gasteiger partial charge in [-0.05, 0) is 36.3 Å². The highest BCUT2D eigenvalue weighted by Crippen LogP contribution is 2.18. The van der Waals surface area contributed by atoms with E-state index < -0.39 is 22.2 Å². The van der Waals surface area contributed by atoms with Crippen LogP contribution in [0.25, 0.3) is 5.57 Å². The molecule has 2 atom stereocenters. The van der Waals surface area contributed by atoms with Crippen molar-refractivity contribution in [3.8, 4) is 0 Å². The molecular formula is C13H14O4S2. The minimum absolute atomic E-state index is 0.104. The third-order valence-corrected chi connectivity index (χ3v) is 3.63. The van der Waals surface area contributed by atoms with E-state index in [-0.39, 0.29) is 4.91 Å². The third-order valence-electron chi connectivity index (χ3n) is 2.37. The van der Waals surface area contributed by atoms with E-state index in [0.717, 1.165) is 11.1 Å². The van der Waals surface area contributed by atoms with Crippen LogP contribution in [-0.4, -0.2) is 17.5 Å². The standard InChI is InChI=1S/C13H14O4S2/c1-3-11(5-4-10(2)18(14)15)12-6-8-13(9-7-12)19(16)17/h3-9H,2H2,1H3,(H,14,15)(H,16,17)/b5-4-,11-3+. The lowest BCUT2D eigenvalue weighted by molar-refractivity contribution is 0.564. The van der Waals surface area contributed by atoms with E-state index in [1.165, 1.54) is 6.08 Å². The molecule has 0 spiro atoms. The van der Waals surface area contributed by atoms with E-state index in [4.69, 9.17) is 9.11 Å². The molecule has 0 radical (unpaired) electrons. The molecule has 2 unspecified atom stereocenters. The molecule has 0 aliphatic rings. The summed E-state index contributed by atoms with van der Waals surface area (Å²) in [6.45, 7) is 5.28. The molecule has 19 heavy (non-hydrogen) atoms. The summed E-state index contributed by atoms with van der Waals surface area (Å²) in [5.41, 5.74) is 1.66. The first-order valence-electron chi connectivity index (χ1n) is 5.31. The fourth-order valence-electron chi connectivity index (χ4n) is 1.36.